The van der Waals surface area contributed by atoms with Crippen LogP contribution >= 0.6 is 0 Å². The van der Waals surface area contributed by atoms with Gasteiger partial charge in [-0.3, -0.25) is 0 Å². The lowest BCUT2D eigenvalue weighted by Crippen LogP contribution is -2.40. The molecule has 0 saturated heterocycles. The van der Waals surface area contributed by atoms with E-state index in [0.717, 1.165) is 62.8 Å². The molecule has 5 aliphatic rings. The van der Waals surface area contributed by atoms with E-state index in [-0.39, 0.29) is 12.1 Å². The summed E-state index contributed by atoms with van der Waals surface area (Å²) in [6.07, 6.45) is 22.5. The van der Waals surface area contributed by atoms with Gasteiger partial charge >= 0.3 is 0 Å². The van der Waals surface area contributed by atoms with Gasteiger partial charge in [-0.25, -0.2) is 4.99 Å². The summed E-state index contributed by atoms with van der Waals surface area (Å²) in [4.78, 5) is 7.99. The zero-order valence-corrected chi connectivity index (χ0v) is 38.6. The molecule has 4 aliphatic carbocycles. The van der Waals surface area contributed by atoms with Crippen LogP contribution in [-0.4, -0.2) is 18.0 Å². The second-order valence-electron chi connectivity index (χ2n) is 19.1. The van der Waals surface area contributed by atoms with Crippen molar-refractivity contribution in [3.63, 3.8) is 0 Å². The van der Waals surface area contributed by atoms with Crippen molar-refractivity contribution in [2.24, 2.45) is 16.8 Å². The number of anilines is 2. The van der Waals surface area contributed by atoms with Crippen LogP contribution in [0, 0.1) is 11.8 Å². The molecule has 0 bridgehead atoms. The van der Waals surface area contributed by atoms with Gasteiger partial charge in [-0.1, -0.05) is 188 Å². The summed E-state index contributed by atoms with van der Waals surface area (Å²) < 4.78 is 6.69. The minimum atomic E-state index is 0.147. The van der Waals surface area contributed by atoms with E-state index in [1.807, 2.05) is 0 Å². The van der Waals surface area contributed by atoms with E-state index in [1.165, 1.54) is 83.9 Å². The average Bonchev–Trinajstić information content (AvgIpc) is 3.88. The Morgan fingerprint density at radius 3 is 1.76 bits per heavy atom. The van der Waals surface area contributed by atoms with Crippen molar-refractivity contribution in [2.45, 2.75) is 63.5 Å². The molecule has 0 spiro atoms. The van der Waals surface area contributed by atoms with Crippen LogP contribution < -0.4 is 4.90 Å². The Bertz CT molecular complexity index is 3140. The Labute approximate surface area is 401 Å². The van der Waals surface area contributed by atoms with Crippen LogP contribution in [0.3, 0.4) is 0 Å². The lowest BCUT2D eigenvalue weighted by molar-refractivity contribution is 0.0806. The van der Waals surface area contributed by atoms with Gasteiger partial charge in [0.05, 0.1) is 17.4 Å². The van der Waals surface area contributed by atoms with Gasteiger partial charge in [0.1, 0.15) is 6.10 Å². The van der Waals surface area contributed by atoms with E-state index in [9.17, 15) is 0 Å². The van der Waals surface area contributed by atoms with Crippen LogP contribution in [0.5, 0.6) is 0 Å². The zero-order chi connectivity index (χ0) is 45.2. The lowest BCUT2D eigenvalue weighted by atomic mass is 9.67. The van der Waals surface area contributed by atoms with Gasteiger partial charge in [-0.2, -0.15) is 0 Å². The summed E-state index contributed by atoms with van der Waals surface area (Å²) in [5, 5.41) is 0. The molecule has 7 aromatic carbocycles. The van der Waals surface area contributed by atoms with Gasteiger partial charge in [-0.05, 0) is 149 Å². The van der Waals surface area contributed by atoms with Crippen molar-refractivity contribution >= 4 is 34.0 Å². The molecular formula is C65H56N2O. The Morgan fingerprint density at radius 2 is 1.09 bits per heavy atom. The molecule has 0 amide bonds. The fourth-order valence-electron chi connectivity index (χ4n) is 11.6. The molecule has 7 aromatic rings. The molecule has 0 N–H and O–H groups in total. The number of aliphatic imine (C=N–C) groups is 1. The lowest BCUT2D eigenvalue weighted by Gasteiger charge is -2.41. The molecule has 3 heteroatoms. The van der Waals surface area contributed by atoms with E-state index >= 15 is 0 Å². The highest BCUT2D eigenvalue weighted by Crippen LogP contribution is 2.51. The Morgan fingerprint density at radius 1 is 0.471 bits per heavy atom. The SMILES string of the molecule is C1=CCCC(c2ccccc2N(C2=CC=C(c3ccc(-c4ccccc4)cc3)CC2)c2cccc(C3=CCC4C(CCC5OC(c6ccc(-c7ccccc7)cc6)=NC54)C3)c2-c2ccccc2)=C1. The highest BCUT2D eigenvalue weighted by molar-refractivity contribution is 5.97. The van der Waals surface area contributed by atoms with Crippen LogP contribution in [0.1, 0.15) is 73.6 Å². The maximum atomic E-state index is 6.69. The second kappa shape index (κ2) is 18.7. The highest BCUT2D eigenvalue weighted by atomic mass is 16.5. The molecule has 1 fully saturated rings. The molecule has 1 aliphatic heterocycles. The van der Waals surface area contributed by atoms with E-state index in [1.54, 1.807) is 0 Å². The van der Waals surface area contributed by atoms with E-state index in [0.29, 0.717) is 11.8 Å². The maximum absolute atomic E-state index is 6.69. The molecule has 1 heterocycles. The van der Waals surface area contributed by atoms with Crippen LogP contribution in [0.2, 0.25) is 0 Å². The molecule has 68 heavy (non-hydrogen) atoms. The smallest absolute Gasteiger partial charge is 0.216 e. The van der Waals surface area contributed by atoms with Gasteiger partial charge in [0.2, 0.25) is 5.90 Å². The van der Waals surface area contributed by atoms with Gasteiger partial charge in [0.15, 0.2) is 0 Å². The molecule has 1 saturated carbocycles. The number of benzene rings is 7. The first kappa shape index (κ1) is 41.9. The predicted molar refractivity (Wildman–Crippen MR) is 284 cm³/mol. The zero-order valence-electron chi connectivity index (χ0n) is 38.6. The number of hydrogen-bond donors (Lipinski definition) is 0. The summed E-state index contributed by atoms with van der Waals surface area (Å²) in [6, 6.07) is 66.6. The van der Waals surface area contributed by atoms with Crippen LogP contribution in [0.15, 0.2) is 229 Å². The maximum Gasteiger partial charge on any atom is 0.216 e. The van der Waals surface area contributed by atoms with Crippen molar-refractivity contribution in [1.29, 1.82) is 0 Å². The fraction of sp³-hybridized carbons (Fsp3) is 0.185. The van der Waals surface area contributed by atoms with E-state index < -0.39 is 0 Å². The minimum Gasteiger partial charge on any atom is -0.472 e. The summed E-state index contributed by atoms with van der Waals surface area (Å²) in [7, 11) is 0. The fourth-order valence-corrected chi connectivity index (χ4v) is 11.6. The van der Waals surface area contributed by atoms with Crippen molar-refractivity contribution in [3.05, 3.63) is 246 Å². The molecule has 0 aromatic heterocycles. The van der Waals surface area contributed by atoms with Crippen molar-refractivity contribution in [1.82, 2.24) is 0 Å². The second-order valence-corrected chi connectivity index (χ2v) is 19.1. The van der Waals surface area contributed by atoms with E-state index in [2.05, 4.69) is 223 Å². The van der Waals surface area contributed by atoms with Crippen molar-refractivity contribution in [3.8, 4) is 33.4 Å². The standard InChI is InChI=1S/C65H56N2O/c1-5-16-45(17-6-1)47-28-30-49(31-29-47)50-36-40-56(41-37-50)67(60-26-14-13-24-57(60)51-20-9-3-10-21-51)61-27-15-25-58(63(61)52-22-11-4-12-23-52)54-38-42-59-55(44-54)39-43-62-64(59)66-65(68-62)53-34-32-48(33-35-53)46-18-7-2-8-19-46/h1-9,11-20,22-36,38,40,55,59,62,64H,10,21,37,39,41-44H2. The molecule has 4 unspecified atom stereocenters. The van der Waals surface area contributed by atoms with Crippen molar-refractivity contribution < 1.29 is 4.74 Å². The average molecular weight is 881 g/mol. The minimum absolute atomic E-state index is 0.147. The van der Waals surface area contributed by atoms with Crippen LogP contribution in [0.4, 0.5) is 11.4 Å². The van der Waals surface area contributed by atoms with Crippen LogP contribution in [-0.2, 0) is 4.74 Å². The molecule has 332 valence electrons. The van der Waals surface area contributed by atoms with Gasteiger partial charge in [-0.15, -0.1) is 0 Å². The van der Waals surface area contributed by atoms with Crippen LogP contribution in [0.25, 0.3) is 50.1 Å². The normalized spacial score (nSPS) is 20.7. The third-order valence-electron chi connectivity index (χ3n) is 15.1. The number of nitrogens with zero attached hydrogens (tertiary/aromatic N) is 2. The third-order valence-corrected chi connectivity index (χ3v) is 15.1. The Balaban J connectivity index is 0.910. The largest absolute Gasteiger partial charge is 0.472 e. The molecule has 4 atom stereocenters. The summed E-state index contributed by atoms with van der Waals surface area (Å²) >= 11 is 0. The molecular weight excluding hydrogens is 825 g/mol. The number of fused-ring (bicyclic) bond motifs is 3. The summed E-state index contributed by atoms with van der Waals surface area (Å²) in [5.41, 5.74) is 20.5. The summed E-state index contributed by atoms with van der Waals surface area (Å²) in [6.45, 7) is 0. The monoisotopic (exact) mass is 880 g/mol. The first-order valence-corrected chi connectivity index (χ1v) is 24.8. The highest BCUT2D eigenvalue weighted by Gasteiger charge is 2.45. The third kappa shape index (κ3) is 8.21. The van der Waals surface area contributed by atoms with Gasteiger partial charge < -0.3 is 9.64 Å². The number of ether oxygens (including phenoxy) is 1. The van der Waals surface area contributed by atoms with Gasteiger partial charge in [0, 0.05) is 22.4 Å². The molecule has 3 nitrogen and oxygen atoms in total. The number of para-hydroxylation sites is 1. The first-order valence-electron chi connectivity index (χ1n) is 24.8. The Hall–Kier alpha value is -7.49. The number of hydrogen-bond acceptors (Lipinski definition) is 3. The Kier molecular flexibility index (Phi) is 11.5. The quantitative estimate of drug-likeness (QED) is 0.137. The topological polar surface area (TPSA) is 24.8 Å². The van der Waals surface area contributed by atoms with E-state index in [4.69, 9.17) is 9.73 Å². The molecule has 0 radical (unpaired) electrons. The predicted octanol–water partition coefficient (Wildman–Crippen LogP) is 16.7. The first-order chi connectivity index (χ1) is 33.7. The van der Waals surface area contributed by atoms with Gasteiger partial charge in [0.25, 0.3) is 0 Å². The number of rotatable bonds is 10. The number of allylic oxidation sites excluding steroid dienone is 10. The summed E-state index contributed by atoms with van der Waals surface area (Å²) in [5.74, 6) is 1.82. The van der Waals surface area contributed by atoms with Crippen molar-refractivity contribution in [2.75, 3.05) is 4.90 Å². The molecule has 12 rings (SSSR count).